The number of rotatable bonds is 11. The van der Waals surface area contributed by atoms with Gasteiger partial charge in [-0.1, -0.05) is 36.8 Å². The van der Waals surface area contributed by atoms with Crippen LogP contribution in [-0.2, 0) is 6.42 Å². The molecule has 3 aliphatic rings. The van der Waals surface area contributed by atoms with E-state index in [9.17, 15) is 19.0 Å². The fourth-order valence-electron chi connectivity index (χ4n) is 6.61. The highest BCUT2D eigenvalue weighted by Gasteiger charge is 2.39. The molecule has 39 heavy (non-hydrogen) atoms. The second kappa shape index (κ2) is 12.5. The zero-order valence-electron chi connectivity index (χ0n) is 22.9. The highest BCUT2D eigenvalue weighted by atomic mass is 32.3. The van der Waals surface area contributed by atoms with E-state index in [0.717, 1.165) is 30.0 Å². The maximum absolute atomic E-state index is 13.7. The van der Waals surface area contributed by atoms with E-state index in [-0.39, 0.29) is 5.91 Å². The Morgan fingerprint density at radius 2 is 1.92 bits per heavy atom. The van der Waals surface area contributed by atoms with E-state index in [4.69, 9.17) is 0 Å². The third-order valence-electron chi connectivity index (χ3n) is 8.64. The van der Waals surface area contributed by atoms with Crippen molar-refractivity contribution in [2.45, 2.75) is 70.1 Å². The molecule has 1 saturated heterocycles. The van der Waals surface area contributed by atoms with Crippen LogP contribution in [0.4, 0.5) is 11.4 Å². The number of nitrogens with zero attached hydrogens (tertiary/aromatic N) is 1. The van der Waals surface area contributed by atoms with Gasteiger partial charge in [0.1, 0.15) is 0 Å². The number of carbonyl (C=O) groups excluding carboxylic acids is 1. The first-order valence-corrected chi connectivity index (χ1v) is 16.2. The van der Waals surface area contributed by atoms with Gasteiger partial charge in [-0.2, -0.15) is 0 Å². The minimum atomic E-state index is -2.92. The fourth-order valence-corrected chi connectivity index (χ4v) is 8.29. The fraction of sp³-hybridized carbons (Fsp3) is 0.567. The third-order valence-corrected chi connectivity index (χ3v) is 10.6. The van der Waals surface area contributed by atoms with Crippen LogP contribution in [0.2, 0.25) is 0 Å². The highest BCUT2D eigenvalue weighted by molar-refractivity contribution is 8.25. The molecule has 0 unspecified atom stereocenters. The normalized spacial score (nSPS) is 26.2. The average molecular weight is 557 g/mol. The molecule has 3 fully saturated rings. The lowest BCUT2D eigenvalue weighted by Crippen LogP contribution is -2.50. The molecule has 0 radical (unpaired) electrons. The maximum atomic E-state index is 13.7. The van der Waals surface area contributed by atoms with Crippen LogP contribution in [0.15, 0.2) is 48.5 Å². The van der Waals surface area contributed by atoms with Crippen molar-refractivity contribution in [3.05, 3.63) is 59.7 Å². The predicted molar refractivity (Wildman–Crippen MR) is 160 cm³/mol. The Kier molecular flexibility index (Phi) is 9.03. The molecule has 2 aliphatic carbocycles. The molecule has 9 heteroatoms. The van der Waals surface area contributed by atoms with Gasteiger partial charge in [0.25, 0.3) is 5.91 Å². The third kappa shape index (κ3) is 6.89. The first kappa shape index (κ1) is 28.2. The summed E-state index contributed by atoms with van der Waals surface area (Å²) in [5.74, 6) is 1.57. The summed E-state index contributed by atoms with van der Waals surface area (Å²) in [5, 5.41) is 21.3. The number of benzene rings is 2. The van der Waals surface area contributed by atoms with Crippen LogP contribution in [0, 0.1) is 11.8 Å². The second-order valence-electron chi connectivity index (χ2n) is 11.5. The summed E-state index contributed by atoms with van der Waals surface area (Å²) in [6.07, 6.45) is 6.48. The molecule has 2 bridgehead atoms. The Morgan fingerprint density at radius 1 is 1.10 bits per heavy atom. The number of hydrogen-bond acceptors (Lipinski definition) is 7. The molecule has 2 aromatic carbocycles. The topological polar surface area (TPSA) is 117 Å². The van der Waals surface area contributed by atoms with Crippen molar-refractivity contribution in [2.24, 2.45) is 11.8 Å². The molecule has 2 saturated carbocycles. The largest absolute Gasteiger partial charge is 0.390 e. The molecular formula is C30H44N4O4S. The Hall–Kier alpha value is -2.30. The van der Waals surface area contributed by atoms with E-state index >= 15 is 0 Å². The quantitative estimate of drug-likeness (QED) is 0.234. The van der Waals surface area contributed by atoms with Crippen molar-refractivity contribution < 1.29 is 19.0 Å². The highest BCUT2D eigenvalue weighted by Crippen LogP contribution is 2.50. The number of aliphatic hydroxyl groups excluding tert-OH is 1. The monoisotopic (exact) mass is 556 g/mol. The molecule has 1 amide bonds. The SMILES string of the molecule is CCNc1cc(C(=O)N[C@@H](Cc2ccccc2)[C@H](O)CN[C@H]2C[C@@H]3CC[C@H]2C3)cc(N2CCCCS2(O)O)c1. The van der Waals surface area contributed by atoms with E-state index in [2.05, 4.69) is 16.0 Å². The van der Waals surface area contributed by atoms with Crippen molar-refractivity contribution in [3.63, 3.8) is 0 Å². The Labute approximate surface area is 234 Å². The molecule has 1 aliphatic heterocycles. The molecule has 2 aromatic rings. The van der Waals surface area contributed by atoms with E-state index in [1.165, 1.54) is 25.7 Å². The lowest BCUT2D eigenvalue weighted by molar-refractivity contribution is 0.0819. The van der Waals surface area contributed by atoms with Gasteiger partial charge in [-0.15, -0.1) is 10.8 Å². The molecular weight excluding hydrogens is 512 g/mol. The van der Waals surface area contributed by atoms with Gasteiger partial charge in [0, 0.05) is 36.9 Å². The predicted octanol–water partition coefficient (Wildman–Crippen LogP) is 4.86. The van der Waals surface area contributed by atoms with Crippen LogP contribution in [0.25, 0.3) is 0 Å². The van der Waals surface area contributed by atoms with Crippen LogP contribution < -0.4 is 20.3 Å². The van der Waals surface area contributed by atoms with Crippen LogP contribution in [0.5, 0.6) is 0 Å². The number of amides is 1. The summed E-state index contributed by atoms with van der Waals surface area (Å²) in [4.78, 5) is 13.7. The number of aliphatic hydroxyl groups is 1. The van der Waals surface area contributed by atoms with Gasteiger partial charge in [0.2, 0.25) is 0 Å². The van der Waals surface area contributed by atoms with Crippen molar-refractivity contribution in [1.82, 2.24) is 10.6 Å². The summed E-state index contributed by atoms with van der Waals surface area (Å²) in [6.45, 7) is 3.62. The molecule has 8 nitrogen and oxygen atoms in total. The van der Waals surface area contributed by atoms with Crippen molar-refractivity contribution in [2.75, 3.05) is 35.0 Å². The van der Waals surface area contributed by atoms with E-state index in [1.54, 1.807) is 16.4 Å². The van der Waals surface area contributed by atoms with E-state index < -0.39 is 22.9 Å². The number of anilines is 2. The molecule has 214 valence electrons. The Morgan fingerprint density at radius 3 is 2.62 bits per heavy atom. The number of hydrogen-bond donors (Lipinski definition) is 6. The van der Waals surface area contributed by atoms with Gasteiger partial charge in [-0.3, -0.25) is 18.2 Å². The summed E-state index contributed by atoms with van der Waals surface area (Å²) in [7, 11) is -2.92. The van der Waals surface area contributed by atoms with Gasteiger partial charge in [-0.05, 0) is 81.0 Å². The van der Waals surface area contributed by atoms with E-state index in [0.29, 0.717) is 55.0 Å². The van der Waals surface area contributed by atoms with Crippen LogP contribution >= 0.6 is 10.8 Å². The summed E-state index contributed by atoms with van der Waals surface area (Å²) < 4.78 is 23.1. The van der Waals surface area contributed by atoms with Crippen LogP contribution in [0.3, 0.4) is 0 Å². The first-order chi connectivity index (χ1) is 18.8. The molecule has 5 rings (SSSR count). The molecule has 0 aromatic heterocycles. The summed E-state index contributed by atoms with van der Waals surface area (Å²) >= 11 is 0. The van der Waals surface area contributed by atoms with Gasteiger partial charge in [-0.25, -0.2) is 0 Å². The second-order valence-corrected chi connectivity index (χ2v) is 13.6. The van der Waals surface area contributed by atoms with Gasteiger partial charge < -0.3 is 21.1 Å². The molecule has 5 atom stereocenters. The average Bonchev–Trinajstić information content (AvgIpc) is 3.55. The van der Waals surface area contributed by atoms with Gasteiger partial charge in [0.05, 0.1) is 23.6 Å². The van der Waals surface area contributed by atoms with Crippen LogP contribution in [-0.4, -0.2) is 63.7 Å². The van der Waals surface area contributed by atoms with E-state index in [1.807, 2.05) is 43.3 Å². The Balaban J connectivity index is 1.34. The minimum Gasteiger partial charge on any atom is -0.390 e. The van der Waals surface area contributed by atoms with Gasteiger partial charge >= 0.3 is 0 Å². The zero-order chi connectivity index (χ0) is 27.4. The van der Waals surface area contributed by atoms with Crippen molar-refractivity contribution >= 4 is 28.1 Å². The summed E-state index contributed by atoms with van der Waals surface area (Å²) in [5.41, 5.74) is 2.84. The minimum absolute atomic E-state index is 0.288. The zero-order valence-corrected chi connectivity index (χ0v) is 23.7. The van der Waals surface area contributed by atoms with Gasteiger partial charge in [0.15, 0.2) is 0 Å². The number of carbonyl (C=O) groups is 1. The molecule has 1 heterocycles. The molecule has 6 N–H and O–H groups in total. The molecule has 0 spiro atoms. The smallest absolute Gasteiger partial charge is 0.251 e. The van der Waals surface area contributed by atoms with Crippen LogP contribution in [0.1, 0.15) is 61.4 Å². The van der Waals surface area contributed by atoms with Crippen molar-refractivity contribution in [1.29, 1.82) is 0 Å². The first-order valence-electron chi connectivity index (χ1n) is 14.5. The lowest BCUT2D eigenvalue weighted by atomic mass is 9.94. The maximum Gasteiger partial charge on any atom is 0.251 e. The van der Waals surface area contributed by atoms with Crippen molar-refractivity contribution in [3.8, 4) is 0 Å². The lowest BCUT2D eigenvalue weighted by Gasteiger charge is -2.47. The Bertz CT molecular complexity index is 1120. The standard InChI is InChI=1S/C30H44N4O4S/c1-2-31-25-17-24(18-26(19-25)34-12-6-7-13-39(34,37)38)30(36)33-28(15-21-8-4-3-5-9-21)29(35)20-32-27-16-22-10-11-23(27)14-22/h3-5,8-9,17-19,22-23,27-29,31-32,35,37-38H,2,6-7,10-16,20H2,1H3,(H,33,36)/t22-,23+,27+,28+,29-/m1/s1. The number of fused-ring (bicyclic) bond motifs is 2. The summed E-state index contributed by atoms with van der Waals surface area (Å²) in [6, 6.07) is 15.3. The number of nitrogens with one attached hydrogen (secondary N) is 3.